The van der Waals surface area contributed by atoms with E-state index >= 15 is 0 Å². The van der Waals surface area contributed by atoms with E-state index in [1.807, 2.05) is 0 Å². The third-order valence-corrected chi connectivity index (χ3v) is 4.56. The topological polar surface area (TPSA) is 42.7 Å². The molecule has 0 bridgehead atoms. The number of halogens is 4. The Morgan fingerprint density at radius 1 is 1.29 bits per heavy atom. The largest absolute Gasteiger partial charge is 0.494 e. The van der Waals surface area contributed by atoms with Crippen molar-refractivity contribution in [2.75, 3.05) is 7.11 Å². The second kappa shape index (κ2) is 7.87. The normalized spacial score (nSPS) is 18.1. The fourth-order valence-corrected chi connectivity index (χ4v) is 2.93. The molecular formula is C19H20ClF3N4O. The minimum Gasteiger partial charge on any atom is -0.494 e. The van der Waals surface area contributed by atoms with Crippen molar-refractivity contribution in [1.29, 1.82) is 0 Å². The molecule has 0 radical (unpaired) electrons. The summed E-state index contributed by atoms with van der Waals surface area (Å²) in [6.07, 6.45) is -1.88. The lowest BCUT2D eigenvalue weighted by Gasteiger charge is -2.26. The number of allylic oxidation sites excluding steroid dienone is 1. The zero-order valence-electron chi connectivity index (χ0n) is 16.5. The molecule has 0 N–H and O–H groups in total. The standard InChI is InChI=1S/C19H20ClF3N4O/c1-12(2)27-11-16(19(21,22)23)25-17(27)14-6-4-13(5-7-14)9-26-10-15(28-3)8-24-18(26)20/h4-8,10-12,18H,9H2,1-3H3/i8D. The van der Waals surface area contributed by atoms with Crippen LogP contribution in [0.25, 0.3) is 11.4 Å². The second-order valence-corrected chi connectivity index (χ2v) is 6.96. The third-order valence-electron chi connectivity index (χ3n) is 4.21. The van der Waals surface area contributed by atoms with Crippen LogP contribution in [0.15, 0.2) is 47.4 Å². The lowest BCUT2D eigenvalue weighted by Crippen LogP contribution is -2.27. The van der Waals surface area contributed by atoms with Crippen LogP contribution in [0, 0.1) is 0 Å². The van der Waals surface area contributed by atoms with Gasteiger partial charge in [-0.15, -0.1) is 0 Å². The van der Waals surface area contributed by atoms with Gasteiger partial charge >= 0.3 is 6.18 Å². The highest BCUT2D eigenvalue weighted by Crippen LogP contribution is 2.32. The Morgan fingerprint density at radius 2 is 1.96 bits per heavy atom. The van der Waals surface area contributed by atoms with Crippen molar-refractivity contribution in [1.82, 2.24) is 14.5 Å². The van der Waals surface area contributed by atoms with Crippen molar-refractivity contribution >= 4 is 17.8 Å². The summed E-state index contributed by atoms with van der Waals surface area (Å²) in [6, 6.07) is 6.87. The van der Waals surface area contributed by atoms with Crippen LogP contribution in [-0.2, 0) is 17.5 Å². The summed E-state index contributed by atoms with van der Waals surface area (Å²) < 4.78 is 53.5. The monoisotopic (exact) mass is 413 g/mol. The summed E-state index contributed by atoms with van der Waals surface area (Å²) in [5.74, 6) is 0.564. The number of ether oxygens (including phenoxy) is 1. The summed E-state index contributed by atoms with van der Waals surface area (Å²) >= 11 is 6.18. The number of aromatic nitrogens is 2. The van der Waals surface area contributed by atoms with Crippen LogP contribution in [0.3, 0.4) is 0 Å². The van der Waals surface area contributed by atoms with Crippen LogP contribution in [-0.4, -0.2) is 33.4 Å². The molecule has 5 nitrogen and oxygen atoms in total. The smallest absolute Gasteiger partial charge is 0.434 e. The van der Waals surface area contributed by atoms with E-state index in [2.05, 4.69) is 9.98 Å². The van der Waals surface area contributed by atoms with Gasteiger partial charge in [0, 0.05) is 30.5 Å². The predicted octanol–water partition coefficient (Wildman–Crippen LogP) is 5.05. The van der Waals surface area contributed by atoms with Gasteiger partial charge in [0.05, 0.1) is 14.7 Å². The maximum Gasteiger partial charge on any atom is 0.434 e. The van der Waals surface area contributed by atoms with Gasteiger partial charge in [-0.3, -0.25) is 0 Å². The molecular weight excluding hydrogens is 393 g/mol. The molecule has 0 spiro atoms. The Balaban J connectivity index is 1.84. The summed E-state index contributed by atoms with van der Waals surface area (Å²) in [5, 5.41) is 0. The molecule has 2 aromatic rings. The number of nitrogens with zero attached hydrogens (tertiary/aromatic N) is 4. The van der Waals surface area contributed by atoms with E-state index in [9.17, 15) is 13.2 Å². The van der Waals surface area contributed by atoms with E-state index < -0.39 is 17.5 Å². The minimum atomic E-state index is -4.50. The van der Waals surface area contributed by atoms with E-state index in [-0.39, 0.29) is 18.1 Å². The van der Waals surface area contributed by atoms with Crippen LogP contribution < -0.4 is 0 Å². The molecule has 150 valence electrons. The first-order valence-electron chi connectivity index (χ1n) is 9.06. The van der Waals surface area contributed by atoms with Gasteiger partial charge < -0.3 is 14.2 Å². The highest BCUT2D eigenvalue weighted by Gasteiger charge is 2.35. The molecule has 3 rings (SSSR count). The van der Waals surface area contributed by atoms with Crippen LogP contribution in [0.2, 0.25) is 0 Å². The average Bonchev–Trinajstić information content (AvgIpc) is 3.11. The Bertz CT molecular complexity index is 938. The van der Waals surface area contributed by atoms with E-state index in [0.717, 1.165) is 11.8 Å². The quantitative estimate of drug-likeness (QED) is 0.509. The molecule has 0 fully saturated rings. The van der Waals surface area contributed by atoms with E-state index in [0.29, 0.717) is 17.9 Å². The molecule has 1 aromatic heterocycles. The molecule has 0 amide bonds. The van der Waals surface area contributed by atoms with Crippen LogP contribution in [0.4, 0.5) is 13.2 Å². The second-order valence-electron chi connectivity index (χ2n) is 6.57. The molecule has 9 heteroatoms. The molecule has 0 aliphatic carbocycles. The lowest BCUT2D eigenvalue weighted by molar-refractivity contribution is -0.140. The first-order valence-corrected chi connectivity index (χ1v) is 8.99. The summed E-state index contributed by atoms with van der Waals surface area (Å²) in [4.78, 5) is 9.50. The number of hydrogen-bond donors (Lipinski definition) is 0. The number of imidazole rings is 1. The SMILES string of the molecule is [2H]C1=NC(Cl)N(Cc2ccc(-c3nc(C(F)(F)F)cn3C(C)C)cc2)C=C1OC. The van der Waals surface area contributed by atoms with Crippen molar-refractivity contribution in [3.8, 4) is 11.4 Å². The zero-order valence-corrected chi connectivity index (χ0v) is 16.3. The van der Waals surface area contributed by atoms with Crippen molar-refractivity contribution in [3.05, 3.63) is 53.7 Å². The molecule has 28 heavy (non-hydrogen) atoms. The fraction of sp³-hybridized carbons (Fsp3) is 0.368. The van der Waals surface area contributed by atoms with Crippen molar-refractivity contribution in [2.24, 2.45) is 4.99 Å². The van der Waals surface area contributed by atoms with Gasteiger partial charge in [0.15, 0.2) is 17.1 Å². The highest BCUT2D eigenvalue weighted by atomic mass is 35.5. The molecule has 1 aliphatic heterocycles. The van der Waals surface area contributed by atoms with Gasteiger partial charge in [-0.25, -0.2) is 9.98 Å². The van der Waals surface area contributed by atoms with Gasteiger partial charge in [0.1, 0.15) is 5.82 Å². The fourth-order valence-electron chi connectivity index (χ4n) is 2.76. The van der Waals surface area contributed by atoms with Crippen molar-refractivity contribution in [3.63, 3.8) is 0 Å². The number of aliphatic imine (C=N–C) groups is 1. The zero-order chi connectivity index (χ0) is 21.3. The van der Waals surface area contributed by atoms with Crippen molar-refractivity contribution in [2.45, 2.75) is 38.2 Å². The maximum atomic E-state index is 13.1. The summed E-state index contributed by atoms with van der Waals surface area (Å²) in [6.45, 7) is 4.00. The van der Waals surface area contributed by atoms with Gasteiger partial charge in [-0.2, -0.15) is 13.2 Å². The van der Waals surface area contributed by atoms with Gasteiger partial charge in [0.25, 0.3) is 0 Å². The lowest BCUT2D eigenvalue weighted by atomic mass is 10.1. The maximum absolute atomic E-state index is 13.1. The van der Waals surface area contributed by atoms with E-state index in [1.165, 1.54) is 11.7 Å². The van der Waals surface area contributed by atoms with Crippen LogP contribution in [0.5, 0.6) is 0 Å². The Labute approximate surface area is 167 Å². The minimum absolute atomic E-state index is 0.0277. The molecule has 1 atom stereocenters. The van der Waals surface area contributed by atoms with Crippen molar-refractivity contribution < 1.29 is 19.3 Å². The van der Waals surface area contributed by atoms with E-state index in [4.69, 9.17) is 17.7 Å². The number of hydrogen-bond acceptors (Lipinski definition) is 4. The molecule has 2 heterocycles. The Hall–Kier alpha value is -2.48. The van der Waals surface area contributed by atoms with Crippen LogP contribution >= 0.6 is 11.6 Å². The van der Waals surface area contributed by atoms with Gasteiger partial charge in [0.2, 0.25) is 0 Å². The molecule has 0 saturated heterocycles. The Kier molecular flexibility index (Phi) is 5.30. The third kappa shape index (κ3) is 4.32. The average molecular weight is 414 g/mol. The summed E-state index contributed by atoms with van der Waals surface area (Å²) in [5.41, 5.74) is -0.202. The van der Waals surface area contributed by atoms with Crippen LogP contribution in [0.1, 0.15) is 32.5 Å². The van der Waals surface area contributed by atoms with Gasteiger partial charge in [-0.1, -0.05) is 35.9 Å². The molecule has 0 saturated carbocycles. The first kappa shape index (κ1) is 18.9. The molecule has 1 aliphatic rings. The first-order chi connectivity index (χ1) is 13.6. The molecule has 1 aromatic carbocycles. The predicted molar refractivity (Wildman–Crippen MR) is 102 cm³/mol. The highest BCUT2D eigenvalue weighted by molar-refractivity contribution is 6.20. The summed E-state index contributed by atoms with van der Waals surface area (Å²) in [7, 11) is 1.45. The Morgan fingerprint density at radius 3 is 2.54 bits per heavy atom. The van der Waals surface area contributed by atoms with E-state index in [1.54, 1.807) is 49.2 Å². The van der Waals surface area contributed by atoms with Gasteiger partial charge in [-0.05, 0) is 19.4 Å². The number of rotatable bonds is 5. The number of methoxy groups -OCH3 is 1. The number of benzene rings is 1. The number of alkyl halides is 4. The molecule has 1 unspecified atom stereocenters.